The summed E-state index contributed by atoms with van der Waals surface area (Å²) in [5, 5.41) is 16.4. The first kappa shape index (κ1) is 17.6. The lowest BCUT2D eigenvalue weighted by Gasteiger charge is -2.18. The Bertz CT molecular complexity index is 929. The van der Waals surface area contributed by atoms with E-state index in [0.717, 1.165) is 5.56 Å². The van der Waals surface area contributed by atoms with Crippen molar-refractivity contribution < 1.29 is 19.1 Å². The van der Waals surface area contributed by atoms with Gasteiger partial charge in [0.25, 0.3) is 5.91 Å². The topological polar surface area (TPSA) is 108 Å². The molecule has 0 bridgehead atoms. The van der Waals surface area contributed by atoms with Gasteiger partial charge < -0.3 is 15.4 Å². The zero-order chi connectivity index (χ0) is 18.7. The fourth-order valence-corrected chi connectivity index (χ4v) is 3.24. The minimum Gasteiger partial charge on any atom is -0.449 e. The Morgan fingerprint density at radius 2 is 2.15 bits per heavy atom. The minimum atomic E-state index is -1.02. The standard InChI is InChI=1S/C18H15N3O4S/c1-10(16(23)21-17-13(9-19)6-7-26-17)25-18(24)12-2-4-14-11(8-12)3-5-15(22)20-14/h2,4,6-8,10H,3,5H2,1H3,(H,20,22)(H,21,23)/t10-/m0/s1. The van der Waals surface area contributed by atoms with Gasteiger partial charge in [0.15, 0.2) is 6.10 Å². The first-order chi connectivity index (χ1) is 12.5. The smallest absolute Gasteiger partial charge is 0.338 e. The molecular formula is C18H15N3O4S. The minimum absolute atomic E-state index is 0.0524. The predicted molar refractivity (Wildman–Crippen MR) is 95.9 cm³/mol. The second kappa shape index (κ2) is 7.37. The van der Waals surface area contributed by atoms with Crippen LogP contribution in [0.3, 0.4) is 0 Å². The highest BCUT2D eigenvalue weighted by Crippen LogP contribution is 2.25. The fraction of sp³-hybridized carbons (Fsp3) is 0.222. The molecule has 2 heterocycles. The number of aryl methyl sites for hydroxylation is 1. The van der Waals surface area contributed by atoms with Gasteiger partial charge in [-0.1, -0.05) is 0 Å². The number of thiophene rings is 1. The highest BCUT2D eigenvalue weighted by Gasteiger charge is 2.22. The summed E-state index contributed by atoms with van der Waals surface area (Å²) in [7, 11) is 0. The Hall–Kier alpha value is -3.18. The average molecular weight is 369 g/mol. The summed E-state index contributed by atoms with van der Waals surface area (Å²) in [5.74, 6) is -1.19. The number of amides is 2. The molecule has 0 unspecified atom stereocenters. The Kier molecular flexibility index (Phi) is 5.00. The van der Waals surface area contributed by atoms with Crippen LogP contribution < -0.4 is 10.6 Å². The molecule has 7 nitrogen and oxygen atoms in total. The molecule has 0 spiro atoms. The van der Waals surface area contributed by atoms with Gasteiger partial charge in [0, 0.05) is 12.1 Å². The zero-order valence-electron chi connectivity index (χ0n) is 13.9. The number of benzene rings is 1. The molecule has 0 saturated heterocycles. The maximum atomic E-state index is 12.3. The summed E-state index contributed by atoms with van der Waals surface area (Å²) in [5.41, 5.74) is 2.21. The van der Waals surface area contributed by atoms with Gasteiger partial charge in [-0.3, -0.25) is 9.59 Å². The normalized spacial score (nSPS) is 13.8. The predicted octanol–water partition coefficient (Wildman–Crippen LogP) is 2.69. The van der Waals surface area contributed by atoms with E-state index >= 15 is 0 Å². The molecule has 2 amide bonds. The average Bonchev–Trinajstić information content (AvgIpc) is 3.08. The monoisotopic (exact) mass is 369 g/mol. The maximum absolute atomic E-state index is 12.3. The summed E-state index contributed by atoms with van der Waals surface area (Å²) in [6, 6.07) is 8.44. The van der Waals surface area contributed by atoms with E-state index in [1.807, 2.05) is 6.07 Å². The Labute approximate surface area is 153 Å². The largest absolute Gasteiger partial charge is 0.449 e. The first-order valence-corrected chi connectivity index (χ1v) is 8.78. The van der Waals surface area contributed by atoms with Crippen molar-refractivity contribution in [2.45, 2.75) is 25.9 Å². The zero-order valence-corrected chi connectivity index (χ0v) is 14.7. The molecule has 0 radical (unpaired) electrons. The molecule has 0 saturated carbocycles. The van der Waals surface area contributed by atoms with E-state index in [1.54, 1.807) is 29.6 Å². The van der Waals surface area contributed by atoms with E-state index in [4.69, 9.17) is 10.00 Å². The van der Waals surface area contributed by atoms with Gasteiger partial charge >= 0.3 is 5.97 Å². The van der Waals surface area contributed by atoms with E-state index in [-0.39, 0.29) is 5.91 Å². The molecule has 1 aromatic heterocycles. The van der Waals surface area contributed by atoms with Gasteiger partial charge in [0.2, 0.25) is 5.91 Å². The highest BCUT2D eigenvalue weighted by atomic mass is 32.1. The summed E-state index contributed by atoms with van der Waals surface area (Å²) < 4.78 is 5.22. The summed E-state index contributed by atoms with van der Waals surface area (Å²) in [6.07, 6.45) is -0.105. The molecule has 2 N–H and O–H groups in total. The van der Waals surface area contributed by atoms with E-state index in [2.05, 4.69) is 10.6 Å². The Morgan fingerprint density at radius 1 is 1.35 bits per heavy atom. The van der Waals surface area contributed by atoms with Crippen LogP contribution in [0.25, 0.3) is 0 Å². The molecule has 26 heavy (non-hydrogen) atoms. The molecule has 1 aromatic carbocycles. The molecule has 0 aliphatic carbocycles. The highest BCUT2D eigenvalue weighted by molar-refractivity contribution is 7.14. The van der Waals surface area contributed by atoms with Crippen molar-refractivity contribution in [3.05, 3.63) is 46.3 Å². The summed E-state index contributed by atoms with van der Waals surface area (Å²) in [4.78, 5) is 35.8. The van der Waals surface area contributed by atoms with Crippen molar-refractivity contribution in [1.29, 1.82) is 5.26 Å². The molecule has 3 rings (SSSR count). The van der Waals surface area contributed by atoms with Crippen LogP contribution in [0, 0.1) is 11.3 Å². The van der Waals surface area contributed by atoms with Gasteiger partial charge in [-0.15, -0.1) is 11.3 Å². The Morgan fingerprint density at radius 3 is 2.92 bits per heavy atom. The van der Waals surface area contributed by atoms with Crippen LogP contribution in [0.15, 0.2) is 29.6 Å². The van der Waals surface area contributed by atoms with E-state index in [0.29, 0.717) is 34.7 Å². The van der Waals surface area contributed by atoms with Crippen LogP contribution in [0.4, 0.5) is 10.7 Å². The molecule has 132 valence electrons. The summed E-state index contributed by atoms with van der Waals surface area (Å²) in [6.45, 7) is 1.46. The number of nitriles is 1. The quantitative estimate of drug-likeness (QED) is 0.806. The van der Waals surface area contributed by atoms with Crippen LogP contribution >= 0.6 is 11.3 Å². The summed E-state index contributed by atoms with van der Waals surface area (Å²) >= 11 is 1.22. The van der Waals surface area contributed by atoms with Crippen LogP contribution in [0.2, 0.25) is 0 Å². The van der Waals surface area contributed by atoms with Crippen molar-refractivity contribution in [2.24, 2.45) is 0 Å². The van der Waals surface area contributed by atoms with E-state index in [1.165, 1.54) is 18.3 Å². The van der Waals surface area contributed by atoms with Gasteiger partial charge in [-0.25, -0.2) is 4.79 Å². The molecule has 2 aromatic rings. The number of rotatable bonds is 4. The van der Waals surface area contributed by atoms with Gasteiger partial charge in [0.1, 0.15) is 11.1 Å². The third-order valence-corrected chi connectivity index (χ3v) is 4.74. The molecule has 1 aliphatic rings. The maximum Gasteiger partial charge on any atom is 0.338 e. The lowest BCUT2D eigenvalue weighted by molar-refractivity contribution is -0.123. The number of hydrogen-bond donors (Lipinski definition) is 2. The van der Waals surface area contributed by atoms with Crippen molar-refractivity contribution in [1.82, 2.24) is 0 Å². The molecule has 1 aliphatic heterocycles. The number of esters is 1. The number of carbonyl (C=O) groups excluding carboxylic acids is 3. The third-order valence-electron chi connectivity index (χ3n) is 3.91. The van der Waals surface area contributed by atoms with Crippen molar-refractivity contribution in [3.63, 3.8) is 0 Å². The Balaban J connectivity index is 1.65. The van der Waals surface area contributed by atoms with Gasteiger partial charge in [-0.05, 0) is 48.6 Å². The van der Waals surface area contributed by atoms with Gasteiger partial charge in [0.05, 0.1) is 11.1 Å². The van der Waals surface area contributed by atoms with Crippen molar-refractivity contribution in [2.75, 3.05) is 10.6 Å². The second-order valence-corrected chi connectivity index (χ2v) is 6.65. The number of carbonyl (C=O) groups is 3. The SMILES string of the molecule is C[C@H](OC(=O)c1ccc2c(c1)CCC(=O)N2)C(=O)Nc1sccc1C#N. The van der Waals surface area contributed by atoms with Crippen molar-refractivity contribution >= 4 is 39.8 Å². The number of anilines is 2. The molecule has 0 fully saturated rings. The number of nitrogens with one attached hydrogen (secondary N) is 2. The fourth-order valence-electron chi connectivity index (χ4n) is 2.50. The number of hydrogen-bond acceptors (Lipinski definition) is 6. The number of ether oxygens (including phenoxy) is 1. The van der Waals surface area contributed by atoms with E-state index < -0.39 is 18.0 Å². The third kappa shape index (κ3) is 3.73. The molecule has 1 atom stereocenters. The van der Waals surface area contributed by atoms with Crippen LogP contribution in [0.5, 0.6) is 0 Å². The lowest BCUT2D eigenvalue weighted by atomic mass is 10.0. The number of fused-ring (bicyclic) bond motifs is 1. The molecule has 8 heteroatoms. The lowest BCUT2D eigenvalue weighted by Crippen LogP contribution is -2.30. The first-order valence-electron chi connectivity index (χ1n) is 7.90. The van der Waals surface area contributed by atoms with Crippen LogP contribution in [0.1, 0.15) is 34.8 Å². The van der Waals surface area contributed by atoms with Gasteiger partial charge in [-0.2, -0.15) is 5.26 Å². The second-order valence-electron chi connectivity index (χ2n) is 5.73. The number of nitrogens with zero attached hydrogens (tertiary/aromatic N) is 1. The molecular weight excluding hydrogens is 354 g/mol. The van der Waals surface area contributed by atoms with Crippen molar-refractivity contribution in [3.8, 4) is 6.07 Å². The van der Waals surface area contributed by atoms with Crippen LogP contribution in [-0.4, -0.2) is 23.9 Å². The van der Waals surface area contributed by atoms with E-state index in [9.17, 15) is 14.4 Å². The van der Waals surface area contributed by atoms with Crippen LogP contribution in [-0.2, 0) is 20.7 Å².